The van der Waals surface area contributed by atoms with Gasteiger partial charge in [-0.25, -0.2) is 13.6 Å². The van der Waals surface area contributed by atoms with Gasteiger partial charge in [-0.1, -0.05) is 35.9 Å². The zero-order valence-electron chi connectivity index (χ0n) is 16.0. The molecule has 3 rings (SSSR count). The topological polar surface area (TPSA) is 92.9 Å². The largest absolute Gasteiger partial charge is 0.491 e. The zero-order chi connectivity index (χ0) is 20.9. The first-order valence-corrected chi connectivity index (χ1v) is 11.2. The highest BCUT2D eigenvalue weighted by Gasteiger charge is 2.21. The van der Waals surface area contributed by atoms with Crippen molar-refractivity contribution in [3.05, 3.63) is 59.1 Å². The summed E-state index contributed by atoms with van der Waals surface area (Å²) >= 11 is 6.08. The smallest absolute Gasteiger partial charge is 0.238 e. The van der Waals surface area contributed by atoms with Crippen LogP contribution in [0.4, 0.5) is 0 Å². The van der Waals surface area contributed by atoms with Crippen LogP contribution in [-0.2, 0) is 21.2 Å². The van der Waals surface area contributed by atoms with Crippen LogP contribution in [0.15, 0.2) is 53.4 Å². The maximum absolute atomic E-state index is 12.5. The number of carbonyl (C=O) groups is 1. The Kier molecular flexibility index (Phi) is 7.13. The first-order chi connectivity index (χ1) is 13.8. The summed E-state index contributed by atoms with van der Waals surface area (Å²) in [5.41, 5.74) is 0.762. The van der Waals surface area contributed by atoms with Gasteiger partial charge >= 0.3 is 0 Å². The van der Waals surface area contributed by atoms with Crippen molar-refractivity contribution in [1.29, 1.82) is 0 Å². The highest BCUT2D eigenvalue weighted by Crippen LogP contribution is 2.23. The molecule has 1 heterocycles. The number of ether oxygens (including phenoxy) is 1. The van der Waals surface area contributed by atoms with E-state index in [4.69, 9.17) is 21.5 Å². The number of nitrogens with zero attached hydrogens (tertiary/aromatic N) is 2. The Hall–Kier alpha value is -2.13. The Balaban J connectivity index is 1.42. The molecule has 9 heteroatoms. The lowest BCUT2D eigenvalue weighted by Gasteiger charge is -2.34. The maximum Gasteiger partial charge on any atom is 0.238 e. The van der Waals surface area contributed by atoms with Crippen molar-refractivity contribution in [3.63, 3.8) is 0 Å². The van der Waals surface area contributed by atoms with Gasteiger partial charge in [-0.05, 0) is 29.8 Å². The van der Waals surface area contributed by atoms with Crippen LogP contribution in [0.5, 0.6) is 5.75 Å². The number of hydrogen-bond donors (Lipinski definition) is 1. The minimum Gasteiger partial charge on any atom is -0.491 e. The Morgan fingerprint density at radius 1 is 1.03 bits per heavy atom. The predicted molar refractivity (Wildman–Crippen MR) is 111 cm³/mol. The number of rotatable bonds is 7. The van der Waals surface area contributed by atoms with Gasteiger partial charge in [-0.2, -0.15) is 0 Å². The number of halogens is 1. The van der Waals surface area contributed by atoms with Gasteiger partial charge in [0.15, 0.2) is 0 Å². The van der Waals surface area contributed by atoms with Crippen molar-refractivity contribution in [2.45, 2.75) is 11.3 Å². The summed E-state index contributed by atoms with van der Waals surface area (Å²) < 4.78 is 28.3. The van der Waals surface area contributed by atoms with Crippen molar-refractivity contribution in [2.24, 2.45) is 5.14 Å². The SMILES string of the molecule is NS(=O)(=O)c1ccc(CC(=O)N2CCN(CCOc3ccccc3Cl)CC2)cc1. The summed E-state index contributed by atoms with van der Waals surface area (Å²) in [7, 11) is -3.72. The Labute approximate surface area is 176 Å². The van der Waals surface area contributed by atoms with E-state index in [2.05, 4.69) is 4.90 Å². The standard InChI is InChI=1S/C20H24ClN3O4S/c21-18-3-1-2-4-19(18)28-14-13-23-9-11-24(12-10-23)20(25)15-16-5-7-17(8-6-16)29(22,26)27/h1-8H,9-15H2,(H2,22,26,27). The van der Waals surface area contributed by atoms with Crippen molar-refractivity contribution >= 4 is 27.5 Å². The second-order valence-electron chi connectivity index (χ2n) is 6.87. The van der Waals surface area contributed by atoms with Gasteiger partial charge in [-0.15, -0.1) is 0 Å². The van der Waals surface area contributed by atoms with Crippen molar-refractivity contribution in [3.8, 4) is 5.75 Å². The van der Waals surface area contributed by atoms with Crippen LogP contribution in [-0.4, -0.2) is 63.5 Å². The summed E-state index contributed by atoms with van der Waals surface area (Å²) in [6.07, 6.45) is 0.237. The van der Waals surface area contributed by atoms with E-state index in [1.54, 1.807) is 18.2 Å². The summed E-state index contributed by atoms with van der Waals surface area (Å²) in [4.78, 5) is 16.6. The Bertz CT molecular complexity index is 942. The summed E-state index contributed by atoms with van der Waals surface area (Å²) in [5, 5.41) is 5.69. The third kappa shape index (κ3) is 6.17. The average Bonchev–Trinajstić information content (AvgIpc) is 2.70. The fraction of sp³-hybridized carbons (Fsp3) is 0.350. The lowest BCUT2D eigenvalue weighted by Crippen LogP contribution is -2.49. The lowest BCUT2D eigenvalue weighted by molar-refractivity contribution is -0.132. The molecule has 7 nitrogen and oxygen atoms in total. The van der Waals surface area contributed by atoms with Gasteiger partial charge in [0.2, 0.25) is 15.9 Å². The monoisotopic (exact) mass is 437 g/mol. The van der Waals surface area contributed by atoms with Crippen LogP contribution < -0.4 is 9.88 Å². The number of para-hydroxylation sites is 1. The van der Waals surface area contributed by atoms with E-state index in [-0.39, 0.29) is 17.2 Å². The lowest BCUT2D eigenvalue weighted by atomic mass is 10.1. The minimum atomic E-state index is -3.72. The summed E-state index contributed by atoms with van der Waals surface area (Å²) in [6.45, 7) is 4.17. The van der Waals surface area contributed by atoms with Crippen LogP contribution >= 0.6 is 11.6 Å². The molecule has 2 aromatic carbocycles. The van der Waals surface area contributed by atoms with Crippen molar-refractivity contribution < 1.29 is 17.9 Å². The predicted octanol–water partition coefficient (Wildman–Crippen LogP) is 1.75. The normalized spacial score (nSPS) is 15.3. The molecule has 0 aliphatic carbocycles. The van der Waals surface area contributed by atoms with E-state index in [9.17, 15) is 13.2 Å². The van der Waals surface area contributed by atoms with Crippen LogP contribution in [0, 0.1) is 0 Å². The third-order valence-electron chi connectivity index (χ3n) is 4.83. The van der Waals surface area contributed by atoms with Gasteiger partial charge in [0, 0.05) is 32.7 Å². The average molecular weight is 438 g/mol. The molecule has 1 amide bonds. The number of sulfonamides is 1. The molecule has 1 aliphatic rings. The second-order valence-corrected chi connectivity index (χ2v) is 8.84. The number of hydrogen-bond acceptors (Lipinski definition) is 5. The fourth-order valence-electron chi connectivity index (χ4n) is 3.15. The summed E-state index contributed by atoms with van der Waals surface area (Å²) in [6, 6.07) is 13.5. The minimum absolute atomic E-state index is 0.0281. The molecule has 1 aliphatic heterocycles. The van der Waals surface area contributed by atoms with E-state index in [0.29, 0.717) is 30.5 Å². The van der Waals surface area contributed by atoms with Crippen LogP contribution in [0.3, 0.4) is 0 Å². The number of carbonyl (C=O) groups excluding carboxylic acids is 1. The zero-order valence-corrected chi connectivity index (χ0v) is 17.5. The maximum atomic E-state index is 12.5. The van der Waals surface area contributed by atoms with Gasteiger partial charge in [-0.3, -0.25) is 9.69 Å². The van der Waals surface area contributed by atoms with Crippen molar-refractivity contribution in [1.82, 2.24) is 9.80 Å². The van der Waals surface area contributed by atoms with E-state index in [1.165, 1.54) is 12.1 Å². The van der Waals surface area contributed by atoms with Gasteiger partial charge in [0.1, 0.15) is 12.4 Å². The van der Waals surface area contributed by atoms with Gasteiger partial charge in [0.05, 0.1) is 16.3 Å². The van der Waals surface area contributed by atoms with Crippen LogP contribution in [0.2, 0.25) is 5.02 Å². The second kappa shape index (κ2) is 9.58. The Morgan fingerprint density at radius 3 is 2.31 bits per heavy atom. The molecular formula is C20H24ClN3O4S. The Morgan fingerprint density at radius 2 is 1.69 bits per heavy atom. The van der Waals surface area contributed by atoms with Crippen LogP contribution in [0.25, 0.3) is 0 Å². The molecule has 2 N–H and O–H groups in total. The molecule has 0 bridgehead atoms. The first-order valence-electron chi connectivity index (χ1n) is 9.32. The fourth-order valence-corrected chi connectivity index (χ4v) is 3.86. The highest BCUT2D eigenvalue weighted by atomic mass is 35.5. The molecular weight excluding hydrogens is 414 g/mol. The molecule has 0 aromatic heterocycles. The van der Waals surface area contributed by atoms with E-state index >= 15 is 0 Å². The van der Waals surface area contributed by atoms with E-state index < -0.39 is 10.0 Å². The number of piperazine rings is 1. The first kappa shape index (κ1) is 21.6. The molecule has 1 saturated heterocycles. The molecule has 1 fully saturated rings. The van der Waals surface area contributed by atoms with Crippen molar-refractivity contribution in [2.75, 3.05) is 39.3 Å². The molecule has 0 unspecified atom stereocenters. The highest BCUT2D eigenvalue weighted by molar-refractivity contribution is 7.89. The quantitative estimate of drug-likeness (QED) is 0.712. The van der Waals surface area contributed by atoms with Gasteiger partial charge < -0.3 is 9.64 Å². The molecule has 2 aromatic rings. The molecule has 0 spiro atoms. The summed E-state index contributed by atoms with van der Waals surface area (Å²) in [5.74, 6) is 0.705. The van der Waals surface area contributed by atoms with E-state index in [1.807, 2.05) is 23.1 Å². The third-order valence-corrected chi connectivity index (χ3v) is 6.08. The van der Waals surface area contributed by atoms with E-state index in [0.717, 1.165) is 25.2 Å². The molecule has 156 valence electrons. The van der Waals surface area contributed by atoms with Crippen LogP contribution in [0.1, 0.15) is 5.56 Å². The molecule has 29 heavy (non-hydrogen) atoms. The van der Waals surface area contributed by atoms with Gasteiger partial charge in [0.25, 0.3) is 0 Å². The number of nitrogens with two attached hydrogens (primary N) is 1. The molecule has 0 atom stereocenters. The number of benzene rings is 2. The number of amides is 1. The molecule has 0 saturated carbocycles. The number of primary sulfonamides is 1. The molecule has 0 radical (unpaired) electrons.